The van der Waals surface area contributed by atoms with Gasteiger partial charge in [-0.3, -0.25) is 20.4 Å². The number of furan rings is 1. The van der Waals surface area contributed by atoms with Gasteiger partial charge in [0.25, 0.3) is 5.91 Å². The van der Waals surface area contributed by atoms with Crippen molar-refractivity contribution >= 4 is 23.2 Å². The quantitative estimate of drug-likeness (QED) is 0.724. The molecule has 0 aliphatic heterocycles. The van der Waals surface area contributed by atoms with Crippen LogP contribution in [0.4, 0.5) is 4.39 Å². The van der Waals surface area contributed by atoms with Crippen LogP contribution in [0.25, 0.3) is 11.3 Å². The molecule has 1 aromatic carbocycles. The third-order valence-corrected chi connectivity index (χ3v) is 3.87. The molecule has 7 heteroatoms. The summed E-state index contributed by atoms with van der Waals surface area (Å²) >= 11 is 1.25. The smallest absolute Gasteiger partial charge is 0.305 e. The van der Waals surface area contributed by atoms with Crippen LogP contribution in [0.3, 0.4) is 0 Å². The average molecular weight is 330 g/mol. The fraction of sp³-hybridized carbons (Fsp3) is 0. The van der Waals surface area contributed by atoms with Crippen molar-refractivity contribution in [2.45, 2.75) is 0 Å². The van der Waals surface area contributed by atoms with Crippen molar-refractivity contribution in [2.75, 3.05) is 0 Å². The largest absolute Gasteiger partial charge is 0.451 e. The number of hydrazine groups is 1. The molecule has 0 atom stereocenters. The van der Waals surface area contributed by atoms with Gasteiger partial charge in [0, 0.05) is 0 Å². The van der Waals surface area contributed by atoms with Gasteiger partial charge in [-0.2, -0.15) is 0 Å². The lowest BCUT2D eigenvalue weighted by molar-refractivity contribution is 0.0833. The first-order valence-electron chi connectivity index (χ1n) is 6.64. The Labute approximate surface area is 134 Å². The lowest BCUT2D eigenvalue weighted by atomic mass is 10.1. The Balaban J connectivity index is 1.67. The summed E-state index contributed by atoms with van der Waals surface area (Å²) in [7, 11) is 0. The molecule has 0 aliphatic rings. The summed E-state index contributed by atoms with van der Waals surface area (Å²) in [5, 5.41) is 1.75. The van der Waals surface area contributed by atoms with E-state index in [1.54, 1.807) is 35.7 Å². The van der Waals surface area contributed by atoms with Gasteiger partial charge in [0.05, 0.1) is 10.4 Å². The summed E-state index contributed by atoms with van der Waals surface area (Å²) in [6.07, 6.45) is 0. The van der Waals surface area contributed by atoms with Gasteiger partial charge in [-0.1, -0.05) is 18.2 Å². The second-order valence-electron chi connectivity index (χ2n) is 4.53. The van der Waals surface area contributed by atoms with Crippen LogP contribution in [-0.4, -0.2) is 11.8 Å². The molecule has 2 aromatic heterocycles. The number of thiophene rings is 1. The Morgan fingerprint density at radius 3 is 2.48 bits per heavy atom. The van der Waals surface area contributed by atoms with Crippen LogP contribution < -0.4 is 10.9 Å². The minimum Gasteiger partial charge on any atom is -0.451 e. The van der Waals surface area contributed by atoms with Crippen molar-refractivity contribution in [3.8, 4) is 11.3 Å². The van der Waals surface area contributed by atoms with Crippen LogP contribution in [0.15, 0.2) is 58.3 Å². The molecule has 0 unspecified atom stereocenters. The summed E-state index contributed by atoms with van der Waals surface area (Å²) in [4.78, 5) is 24.1. The zero-order chi connectivity index (χ0) is 16.2. The van der Waals surface area contributed by atoms with Gasteiger partial charge in [-0.05, 0) is 35.7 Å². The van der Waals surface area contributed by atoms with Crippen LogP contribution in [0.2, 0.25) is 0 Å². The molecule has 3 rings (SSSR count). The Hall–Kier alpha value is -2.93. The van der Waals surface area contributed by atoms with Gasteiger partial charge in [0.15, 0.2) is 5.76 Å². The van der Waals surface area contributed by atoms with Crippen molar-refractivity contribution in [3.63, 3.8) is 0 Å². The Morgan fingerprint density at radius 2 is 1.74 bits per heavy atom. The molecule has 0 spiro atoms. The molecule has 116 valence electrons. The highest BCUT2D eigenvalue weighted by molar-refractivity contribution is 7.12. The summed E-state index contributed by atoms with van der Waals surface area (Å²) in [6, 6.07) is 12.4. The molecule has 2 amide bonds. The molecule has 2 heterocycles. The van der Waals surface area contributed by atoms with Crippen LogP contribution in [0, 0.1) is 5.82 Å². The average Bonchev–Trinajstić information content (AvgIpc) is 3.24. The first kappa shape index (κ1) is 15.0. The third kappa shape index (κ3) is 3.29. The van der Waals surface area contributed by atoms with Gasteiger partial charge < -0.3 is 4.42 Å². The molecule has 0 saturated heterocycles. The Morgan fingerprint density at radius 1 is 0.957 bits per heavy atom. The first-order chi connectivity index (χ1) is 11.1. The van der Waals surface area contributed by atoms with E-state index in [-0.39, 0.29) is 17.1 Å². The minimum atomic E-state index is -0.627. The lowest BCUT2D eigenvalue weighted by Crippen LogP contribution is -2.41. The van der Waals surface area contributed by atoms with Crippen LogP contribution in [0.5, 0.6) is 0 Å². The number of nitrogens with one attached hydrogen (secondary N) is 2. The highest BCUT2D eigenvalue weighted by Crippen LogP contribution is 2.24. The normalized spacial score (nSPS) is 10.3. The zero-order valence-corrected chi connectivity index (χ0v) is 12.5. The van der Waals surface area contributed by atoms with E-state index >= 15 is 0 Å². The van der Waals surface area contributed by atoms with Gasteiger partial charge >= 0.3 is 5.91 Å². The molecule has 0 aliphatic carbocycles. The second-order valence-corrected chi connectivity index (χ2v) is 5.48. The molecule has 23 heavy (non-hydrogen) atoms. The number of hydrogen-bond acceptors (Lipinski definition) is 4. The molecular weight excluding hydrogens is 319 g/mol. The molecule has 0 bridgehead atoms. The summed E-state index contributed by atoms with van der Waals surface area (Å²) in [6.45, 7) is 0. The van der Waals surface area contributed by atoms with E-state index in [1.807, 2.05) is 0 Å². The Bertz CT molecular complexity index is 843. The number of carbonyl (C=O) groups is 2. The molecule has 0 saturated carbocycles. The predicted molar refractivity (Wildman–Crippen MR) is 83.4 cm³/mol. The van der Waals surface area contributed by atoms with Gasteiger partial charge in [0.1, 0.15) is 11.6 Å². The fourth-order valence-electron chi connectivity index (χ4n) is 1.91. The minimum absolute atomic E-state index is 0.0327. The van der Waals surface area contributed by atoms with E-state index in [9.17, 15) is 14.0 Å². The zero-order valence-electron chi connectivity index (χ0n) is 11.7. The van der Waals surface area contributed by atoms with Gasteiger partial charge in [0.2, 0.25) is 0 Å². The molecular formula is C16H11FN2O3S. The molecule has 5 nitrogen and oxygen atoms in total. The summed E-state index contributed by atoms with van der Waals surface area (Å²) < 4.78 is 19.0. The SMILES string of the molecule is O=C(NNC(=O)c1cccs1)c1ccc(-c2ccccc2F)o1. The number of amides is 2. The second kappa shape index (κ2) is 6.45. The number of halogens is 1. The lowest BCUT2D eigenvalue weighted by Gasteiger charge is -2.04. The van der Waals surface area contributed by atoms with Crippen LogP contribution in [-0.2, 0) is 0 Å². The van der Waals surface area contributed by atoms with Gasteiger partial charge in [-0.15, -0.1) is 11.3 Å². The van der Waals surface area contributed by atoms with Crippen molar-refractivity contribution in [1.82, 2.24) is 10.9 Å². The number of benzene rings is 1. The topological polar surface area (TPSA) is 71.3 Å². The highest BCUT2D eigenvalue weighted by atomic mass is 32.1. The van der Waals surface area contributed by atoms with E-state index in [2.05, 4.69) is 10.9 Å². The van der Waals surface area contributed by atoms with Crippen molar-refractivity contribution in [3.05, 3.63) is 70.4 Å². The van der Waals surface area contributed by atoms with E-state index in [0.717, 1.165) is 0 Å². The standard InChI is InChI=1S/C16H11FN2O3S/c17-11-5-2-1-4-10(11)12-7-8-13(22-12)15(20)18-19-16(21)14-6-3-9-23-14/h1-9H,(H,18,20)(H,19,21). The van der Waals surface area contributed by atoms with E-state index in [1.165, 1.54) is 29.5 Å². The third-order valence-electron chi connectivity index (χ3n) is 3.00. The molecule has 2 N–H and O–H groups in total. The monoisotopic (exact) mass is 330 g/mol. The van der Waals surface area contributed by atoms with E-state index in [4.69, 9.17) is 4.42 Å². The van der Waals surface area contributed by atoms with Crippen molar-refractivity contribution < 1.29 is 18.4 Å². The van der Waals surface area contributed by atoms with Gasteiger partial charge in [-0.25, -0.2) is 4.39 Å². The number of carbonyl (C=O) groups excluding carboxylic acids is 2. The van der Waals surface area contributed by atoms with Crippen LogP contribution in [0.1, 0.15) is 20.2 Å². The molecule has 0 radical (unpaired) electrons. The van der Waals surface area contributed by atoms with E-state index in [0.29, 0.717) is 4.88 Å². The van der Waals surface area contributed by atoms with Crippen molar-refractivity contribution in [2.24, 2.45) is 0 Å². The molecule has 0 fully saturated rings. The maximum absolute atomic E-state index is 13.7. The summed E-state index contributed by atoms with van der Waals surface area (Å²) in [5.41, 5.74) is 4.79. The summed E-state index contributed by atoms with van der Waals surface area (Å²) in [5.74, 6) is -1.29. The number of hydrogen-bond donors (Lipinski definition) is 2. The van der Waals surface area contributed by atoms with E-state index < -0.39 is 17.6 Å². The first-order valence-corrected chi connectivity index (χ1v) is 7.52. The Kier molecular flexibility index (Phi) is 4.20. The number of rotatable bonds is 3. The molecule has 3 aromatic rings. The maximum Gasteiger partial charge on any atom is 0.305 e. The highest BCUT2D eigenvalue weighted by Gasteiger charge is 2.15. The maximum atomic E-state index is 13.7. The fourth-order valence-corrected chi connectivity index (χ4v) is 2.53. The predicted octanol–water partition coefficient (Wildman–Crippen LogP) is 3.22. The van der Waals surface area contributed by atoms with Crippen LogP contribution >= 0.6 is 11.3 Å². The van der Waals surface area contributed by atoms with Crippen molar-refractivity contribution in [1.29, 1.82) is 0 Å².